The Kier molecular flexibility index (Phi) is 8.70. The van der Waals surface area contributed by atoms with Gasteiger partial charge in [-0.2, -0.15) is 0 Å². The highest BCUT2D eigenvalue weighted by Crippen LogP contribution is 2.46. The Balaban J connectivity index is 1.11. The fourth-order valence-electron chi connectivity index (χ4n) is 7.83. The van der Waals surface area contributed by atoms with Crippen LogP contribution in [-0.2, 0) is 0 Å². The maximum atomic E-state index is 6.50. The summed E-state index contributed by atoms with van der Waals surface area (Å²) < 4.78 is 11.4. The lowest BCUT2D eigenvalue weighted by molar-refractivity contribution is 0.577. The van der Waals surface area contributed by atoms with Crippen LogP contribution < -0.4 is 16.4 Å². The first-order valence-corrected chi connectivity index (χ1v) is 20.4. The van der Waals surface area contributed by atoms with Crippen LogP contribution in [0.5, 0.6) is 0 Å². The molecule has 0 aliphatic heterocycles. The molecule has 0 atom stereocenters. The highest BCUT2D eigenvalue weighted by Gasteiger charge is 2.18. The summed E-state index contributed by atoms with van der Waals surface area (Å²) >= 11 is 3.71. The minimum atomic E-state index is 0.304. The minimum Gasteiger partial charge on any atom is -0.457 e. The molecule has 7 aromatic carbocycles. The molecule has 0 saturated heterocycles. The number of amidine groups is 2. The predicted molar refractivity (Wildman–Crippen MR) is 246 cm³/mol. The largest absolute Gasteiger partial charge is 0.457 e. The third-order valence-electron chi connectivity index (χ3n) is 10.6. The van der Waals surface area contributed by atoms with Gasteiger partial charge in [-0.25, -0.2) is 4.99 Å². The maximum Gasteiger partial charge on any atom is 0.157 e. The molecular weight excluding hydrogens is 735 g/mol. The molecule has 3 aromatic heterocycles. The van der Waals surface area contributed by atoms with Crippen LogP contribution in [-0.4, -0.2) is 18.2 Å². The first-order valence-electron chi connectivity index (χ1n) is 18.8. The highest BCUT2D eigenvalue weighted by atomic mass is 32.1. The van der Waals surface area contributed by atoms with E-state index in [0.717, 1.165) is 38.5 Å². The SMILES string of the molecule is C=C/C(CN=C(N=C(N)c1ccccc1)c1ccccc1)=c1\c(=C)oc2ccc(-c3ccc(-c4ccc5c(c4)sc4ccccc45)c4sc5ccccc5c34)cc12. The highest BCUT2D eigenvalue weighted by molar-refractivity contribution is 7.26. The molecule has 0 bridgehead atoms. The van der Waals surface area contributed by atoms with Crippen LogP contribution in [0.4, 0.5) is 0 Å². The van der Waals surface area contributed by atoms with E-state index in [1.54, 1.807) is 0 Å². The molecule has 10 aromatic rings. The number of hydrogen-bond donors (Lipinski definition) is 1. The molecule has 3 heterocycles. The molecule has 0 unspecified atom stereocenters. The summed E-state index contributed by atoms with van der Waals surface area (Å²) in [5.74, 6) is 0.933. The number of fused-ring (bicyclic) bond motifs is 7. The molecule has 0 amide bonds. The lowest BCUT2D eigenvalue weighted by atomic mass is 9.94. The summed E-state index contributed by atoms with van der Waals surface area (Å²) in [4.78, 5) is 9.83. The van der Waals surface area contributed by atoms with Crippen molar-refractivity contribution in [2.45, 2.75) is 0 Å². The van der Waals surface area contributed by atoms with Gasteiger partial charge in [0.2, 0.25) is 0 Å². The summed E-state index contributed by atoms with van der Waals surface area (Å²) in [5.41, 5.74) is 15.2. The molecule has 0 radical (unpaired) electrons. The minimum absolute atomic E-state index is 0.304. The Labute approximate surface area is 337 Å². The van der Waals surface area contributed by atoms with Crippen LogP contribution in [0.1, 0.15) is 11.1 Å². The smallest absolute Gasteiger partial charge is 0.157 e. The van der Waals surface area contributed by atoms with Gasteiger partial charge in [0.05, 0.1) is 6.54 Å². The molecule has 0 aliphatic carbocycles. The Morgan fingerprint density at radius 3 is 2.02 bits per heavy atom. The number of benzene rings is 7. The van der Waals surface area contributed by atoms with Crippen molar-refractivity contribution >= 4 is 97.8 Å². The van der Waals surface area contributed by atoms with Gasteiger partial charge >= 0.3 is 0 Å². The van der Waals surface area contributed by atoms with Crippen LogP contribution in [0.25, 0.3) is 85.7 Å². The molecule has 0 spiro atoms. The lowest BCUT2D eigenvalue weighted by Crippen LogP contribution is -2.22. The average Bonchev–Trinajstić information content (AvgIpc) is 3.94. The van der Waals surface area contributed by atoms with Gasteiger partial charge in [0, 0.05) is 62.1 Å². The molecule has 0 aliphatic rings. The van der Waals surface area contributed by atoms with Crippen molar-refractivity contribution in [3.8, 4) is 22.3 Å². The monoisotopic (exact) mass is 769 g/mol. The van der Waals surface area contributed by atoms with E-state index in [1.165, 1.54) is 57.0 Å². The van der Waals surface area contributed by atoms with E-state index in [9.17, 15) is 0 Å². The van der Waals surface area contributed by atoms with Crippen LogP contribution in [0.2, 0.25) is 0 Å². The quantitative estimate of drug-likeness (QED) is 0.130. The zero-order valence-corrected chi connectivity index (χ0v) is 32.5. The van der Waals surface area contributed by atoms with Gasteiger partial charge in [-0.15, -0.1) is 22.7 Å². The summed E-state index contributed by atoms with van der Waals surface area (Å²) in [5, 5.41) is 6.97. The maximum absolute atomic E-state index is 6.50. The topological polar surface area (TPSA) is 63.9 Å². The van der Waals surface area contributed by atoms with Gasteiger partial charge in [0.25, 0.3) is 0 Å². The van der Waals surface area contributed by atoms with E-state index >= 15 is 0 Å². The van der Waals surface area contributed by atoms with Crippen molar-refractivity contribution in [2.24, 2.45) is 15.7 Å². The second-order valence-corrected chi connectivity index (χ2v) is 16.1. The second kappa shape index (κ2) is 14.3. The number of aliphatic imine (C=N–C) groups is 2. The van der Waals surface area contributed by atoms with E-state index in [1.807, 2.05) is 89.4 Å². The van der Waals surface area contributed by atoms with Crippen molar-refractivity contribution in [1.82, 2.24) is 0 Å². The van der Waals surface area contributed by atoms with Crippen LogP contribution in [0.15, 0.2) is 185 Å². The zero-order valence-electron chi connectivity index (χ0n) is 30.9. The Morgan fingerprint density at radius 1 is 0.614 bits per heavy atom. The second-order valence-electron chi connectivity index (χ2n) is 14.0. The van der Waals surface area contributed by atoms with Gasteiger partial charge in [-0.1, -0.05) is 147 Å². The van der Waals surface area contributed by atoms with Gasteiger partial charge in [-0.3, -0.25) is 4.99 Å². The van der Waals surface area contributed by atoms with E-state index in [2.05, 4.69) is 110 Å². The molecule has 272 valence electrons. The Hall–Kier alpha value is -6.86. The number of nitrogens with zero attached hydrogens (tertiary/aromatic N) is 2. The Bertz CT molecular complexity index is 3370. The molecule has 0 saturated carbocycles. The molecular formula is C51H35N3OS2. The third-order valence-corrected chi connectivity index (χ3v) is 12.9. The van der Waals surface area contributed by atoms with Gasteiger partial charge < -0.3 is 10.2 Å². The first kappa shape index (κ1) is 34.6. The van der Waals surface area contributed by atoms with Gasteiger partial charge in [0.1, 0.15) is 16.8 Å². The number of nitrogens with two attached hydrogens (primary N) is 1. The van der Waals surface area contributed by atoms with Crippen molar-refractivity contribution in [2.75, 3.05) is 6.54 Å². The summed E-state index contributed by atoms with van der Waals surface area (Å²) in [6.07, 6.45) is 1.84. The standard InChI is InChI=1S/C51H35N3OS2/c1-3-32(30-53-51(34-16-8-5-9-17-34)54-50(52)33-14-6-4-7-15-33)47-31(2)55-43-27-23-35(28-42(43)47)37-25-26-38(49-48(37)41-19-11-13-21-45(41)57-49)36-22-24-40-39-18-10-12-20-44(39)56-46(40)29-36/h3-29H,1-2,30H2,(H2,52,53,54)/b47-32-. The van der Waals surface area contributed by atoms with Crippen LogP contribution in [0.3, 0.4) is 0 Å². The number of rotatable bonds is 7. The van der Waals surface area contributed by atoms with E-state index in [0.29, 0.717) is 23.6 Å². The Morgan fingerprint density at radius 2 is 1.25 bits per heavy atom. The third kappa shape index (κ3) is 6.16. The number of hydrogen-bond acceptors (Lipinski definition) is 4. The molecule has 10 rings (SSSR count). The van der Waals surface area contributed by atoms with E-state index in [-0.39, 0.29) is 0 Å². The molecule has 57 heavy (non-hydrogen) atoms. The van der Waals surface area contributed by atoms with E-state index < -0.39 is 0 Å². The molecule has 2 N–H and O–H groups in total. The van der Waals surface area contributed by atoms with Crippen molar-refractivity contribution in [1.29, 1.82) is 0 Å². The molecule has 0 fully saturated rings. The number of thiophene rings is 2. The summed E-state index contributed by atoms with van der Waals surface area (Å²) in [6.45, 7) is 8.85. The van der Waals surface area contributed by atoms with Crippen LogP contribution in [0, 0.1) is 0 Å². The van der Waals surface area contributed by atoms with Gasteiger partial charge in [-0.05, 0) is 58.2 Å². The molecule has 4 nitrogen and oxygen atoms in total. The fraction of sp³-hybridized carbons (Fsp3) is 0.0196. The van der Waals surface area contributed by atoms with Crippen molar-refractivity contribution in [3.05, 3.63) is 192 Å². The summed E-state index contributed by atoms with van der Waals surface area (Å²) in [6, 6.07) is 54.9. The van der Waals surface area contributed by atoms with Crippen molar-refractivity contribution in [3.63, 3.8) is 0 Å². The predicted octanol–water partition coefficient (Wildman–Crippen LogP) is 12.1. The lowest BCUT2D eigenvalue weighted by Gasteiger charge is -2.10. The van der Waals surface area contributed by atoms with Crippen molar-refractivity contribution < 1.29 is 4.42 Å². The summed E-state index contributed by atoms with van der Waals surface area (Å²) in [7, 11) is 0. The normalized spacial score (nSPS) is 13.0. The average molecular weight is 770 g/mol. The van der Waals surface area contributed by atoms with Gasteiger partial charge in [0.15, 0.2) is 5.84 Å². The number of furan rings is 1. The first-order chi connectivity index (χ1) is 28.0. The molecule has 6 heteroatoms. The fourth-order valence-corrected chi connectivity index (χ4v) is 10.2. The van der Waals surface area contributed by atoms with E-state index in [4.69, 9.17) is 20.1 Å². The van der Waals surface area contributed by atoms with Crippen LogP contribution >= 0.6 is 22.7 Å². The zero-order chi connectivity index (χ0) is 38.5.